The molecule has 0 aliphatic carbocycles. The minimum atomic E-state index is -1.02. The Hall–Kier alpha value is -3.95. The normalized spacial score (nSPS) is 16.5. The summed E-state index contributed by atoms with van der Waals surface area (Å²) in [5.41, 5.74) is 1.16. The molecule has 198 valence electrons. The number of halogens is 2. The van der Waals surface area contributed by atoms with Crippen molar-refractivity contribution in [2.75, 3.05) is 28.4 Å². The second kappa shape index (κ2) is 11.2. The molecule has 4 rings (SSSR count). The van der Waals surface area contributed by atoms with Crippen molar-refractivity contribution in [2.24, 2.45) is 0 Å². The maximum atomic E-state index is 13.4. The van der Waals surface area contributed by atoms with Crippen LogP contribution in [-0.2, 0) is 16.1 Å². The molecule has 1 N–H and O–H groups in total. The Morgan fingerprint density at radius 1 is 0.895 bits per heavy atom. The molecule has 1 atom stereocenters. The average molecular weight is 559 g/mol. The first-order valence-corrected chi connectivity index (χ1v) is 12.0. The minimum absolute atomic E-state index is 0.0648. The predicted molar refractivity (Wildman–Crippen MR) is 141 cm³/mol. The van der Waals surface area contributed by atoms with E-state index in [9.17, 15) is 14.7 Å². The number of aliphatic hydroxyl groups excluding tert-OH is 1. The van der Waals surface area contributed by atoms with E-state index in [1.807, 2.05) is 0 Å². The van der Waals surface area contributed by atoms with Crippen LogP contribution in [0.3, 0.4) is 0 Å². The van der Waals surface area contributed by atoms with Crippen LogP contribution in [0.5, 0.6) is 23.0 Å². The molecule has 1 aliphatic heterocycles. The minimum Gasteiger partial charge on any atom is -0.507 e. The van der Waals surface area contributed by atoms with Crippen LogP contribution >= 0.6 is 23.2 Å². The zero-order valence-corrected chi connectivity index (χ0v) is 22.5. The quantitative estimate of drug-likeness (QED) is 0.232. The highest BCUT2D eigenvalue weighted by Gasteiger charge is 2.46. The first-order chi connectivity index (χ1) is 18.2. The molecule has 1 aliphatic rings. The summed E-state index contributed by atoms with van der Waals surface area (Å²) in [5.74, 6) is -0.960. The van der Waals surface area contributed by atoms with Gasteiger partial charge in [-0.3, -0.25) is 14.6 Å². The number of amides is 1. The molecule has 1 fully saturated rings. The molecule has 1 saturated heterocycles. The number of pyridine rings is 1. The topological polar surface area (TPSA) is 107 Å². The van der Waals surface area contributed by atoms with E-state index in [-0.39, 0.29) is 33.5 Å². The van der Waals surface area contributed by atoms with Crippen LogP contribution in [0.4, 0.5) is 0 Å². The van der Waals surface area contributed by atoms with Crippen LogP contribution in [-0.4, -0.2) is 55.1 Å². The van der Waals surface area contributed by atoms with Gasteiger partial charge in [0.1, 0.15) is 5.76 Å². The molecule has 1 aromatic heterocycles. The monoisotopic (exact) mass is 558 g/mol. The van der Waals surface area contributed by atoms with E-state index in [1.165, 1.54) is 45.5 Å². The highest BCUT2D eigenvalue weighted by molar-refractivity contribution is 6.46. The zero-order chi connectivity index (χ0) is 27.6. The number of rotatable bonds is 8. The van der Waals surface area contributed by atoms with Gasteiger partial charge in [-0.2, -0.15) is 0 Å². The Bertz CT molecular complexity index is 1380. The molecule has 2 heterocycles. The lowest BCUT2D eigenvalue weighted by Gasteiger charge is -2.26. The number of hydrogen-bond acceptors (Lipinski definition) is 8. The van der Waals surface area contributed by atoms with E-state index >= 15 is 0 Å². The smallest absolute Gasteiger partial charge is 0.295 e. The number of carbonyl (C=O) groups is 2. The first kappa shape index (κ1) is 27.1. The van der Waals surface area contributed by atoms with Crippen molar-refractivity contribution in [3.8, 4) is 23.0 Å². The van der Waals surface area contributed by atoms with Gasteiger partial charge in [0.15, 0.2) is 17.2 Å². The van der Waals surface area contributed by atoms with Gasteiger partial charge in [0.05, 0.1) is 50.1 Å². The number of nitrogens with zero attached hydrogens (tertiary/aromatic N) is 2. The molecule has 11 heteroatoms. The van der Waals surface area contributed by atoms with E-state index in [1.54, 1.807) is 36.7 Å². The van der Waals surface area contributed by atoms with Crippen molar-refractivity contribution in [3.05, 3.63) is 81.1 Å². The number of ketones is 1. The Balaban J connectivity index is 1.97. The van der Waals surface area contributed by atoms with Gasteiger partial charge in [-0.1, -0.05) is 23.2 Å². The molecule has 0 radical (unpaired) electrons. The van der Waals surface area contributed by atoms with Crippen LogP contribution in [0.15, 0.2) is 54.4 Å². The predicted octanol–water partition coefficient (Wildman–Crippen LogP) is 5.04. The number of methoxy groups -OCH3 is 4. The Morgan fingerprint density at radius 3 is 1.95 bits per heavy atom. The molecule has 3 aromatic rings. The van der Waals surface area contributed by atoms with Crippen LogP contribution in [0, 0.1) is 0 Å². The Kier molecular flexibility index (Phi) is 7.99. The van der Waals surface area contributed by atoms with Crippen molar-refractivity contribution in [2.45, 2.75) is 12.6 Å². The average Bonchev–Trinajstić information content (AvgIpc) is 3.17. The fraction of sp³-hybridized carbons (Fsp3) is 0.222. The first-order valence-electron chi connectivity index (χ1n) is 11.3. The summed E-state index contributed by atoms with van der Waals surface area (Å²) in [7, 11) is 5.78. The summed E-state index contributed by atoms with van der Waals surface area (Å²) in [6.07, 6.45) is 3.17. The molecule has 2 aromatic carbocycles. The summed E-state index contributed by atoms with van der Waals surface area (Å²) >= 11 is 12.6. The van der Waals surface area contributed by atoms with Gasteiger partial charge in [-0.25, -0.2) is 0 Å². The van der Waals surface area contributed by atoms with Crippen LogP contribution in [0.2, 0.25) is 10.0 Å². The number of benzene rings is 2. The number of aliphatic hydroxyl groups is 1. The number of Topliss-reactive ketones (excluding diaryl/α,β-unsaturated/α-hetero) is 1. The highest BCUT2D eigenvalue weighted by Crippen LogP contribution is 2.47. The number of aromatic nitrogens is 1. The van der Waals surface area contributed by atoms with Crippen molar-refractivity contribution >= 4 is 40.7 Å². The molecular formula is C27H24Cl2N2O7. The maximum absolute atomic E-state index is 13.4. The summed E-state index contributed by atoms with van der Waals surface area (Å²) in [6, 6.07) is 8.51. The lowest BCUT2D eigenvalue weighted by Crippen LogP contribution is -2.29. The van der Waals surface area contributed by atoms with Crippen LogP contribution in [0.25, 0.3) is 5.76 Å². The third-order valence-corrected chi connectivity index (χ3v) is 6.68. The van der Waals surface area contributed by atoms with Crippen molar-refractivity contribution in [3.63, 3.8) is 0 Å². The molecule has 38 heavy (non-hydrogen) atoms. The van der Waals surface area contributed by atoms with Gasteiger partial charge in [-0.05, 0) is 47.5 Å². The molecule has 9 nitrogen and oxygen atoms in total. The fourth-order valence-electron chi connectivity index (χ4n) is 4.38. The third-order valence-electron chi connectivity index (χ3n) is 6.12. The molecular weight excluding hydrogens is 535 g/mol. The van der Waals surface area contributed by atoms with E-state index in [4.69, 9.17) is 42.1 Å². The summed E-state index contributed by atoms with van der Waals surface area (Å²) < 4.78 is 21.6. The standard InChI is InChI=1S/C27H24Cl2N2O7/c1-35-19-11-15(12-20(36-2)26(19)38-4)22-21(23(32)16-9-17(28)25(37-3)18(29)10-16)24(33)27(34)31(22)13-14-5-7-30-8-6-14/h5-12,22,32H,13H2,1-4H3/b23-21+. The van der Waals surface area contributed by atoms with Gasteiger partial charge in [0.2, 0.25) is 5.75 Å². The molecule has 0 bridgehead atoms. The third kappa shape index (κ3) is 4.82. The van der Waals surface area contributed by atoms with Crippen molar-refractivity contribution in [1.29, 1.82) is 0 Å². The maximum Gasteiger partial charge on any atom is 0.295 e. The lowest BCUT2D eigenvalue weighted by molar-refractivity contribution is -0.140. The van der Waals surface area contributed by atoms with Gasteiger partial charge in [-0.15, -0.1) is 0 Å². The lowest BCUT2D eigenvalue weighted by atomic mass is 9.94. The summed E-state index contributed by atoms with van der Waals surface area (Å²) in [6.45, 7) is 0.0648. The number of carbonyl (C=O) groups excluding carboxylic acids is 2. The Labute approximate surface area is 229 Å². The van der Waals surface area contributed by atoms with E-state index in [2.05, 4.69) is 4.98 Å². The van der Waals surface area contributed by atoms with Crippen molar-refractivity contribution in [1.82, 2.24) is 9.88 Å². The van der Waals surface area contributed by atoms with Gasteiger partial charge in [0, 0.05) is 24.5 Å². The highest BCUT2D eigenvalue weighted by atomic mass is 35.5. The SMILES string of the molecule is COc1cc(C2/C(=C(\O)c3cc(Cl)c(OC)c(Cl)c3)C(=O)C(=O)N2Cc2ccncc2)cc(OC)c1OC. The fourth-order valence-corrected chi connectivity index (χ4v) is 5.02. The van der Waals surface area contributed by atoms with Crippen LogP contribution in [0.1, 0.15) is 22.7 Å². The zero-order valence-electron chi connectivity index (χ0n) is 21.0. The molecule has 1 unspecified atom stereocenters. The molecule has 1 amide bonds. The van der Waals surface area contributed by atoms with Gasteiger partial charge >= 0.3 is 0 Å². The Morgan fingerprint density at radius 2 is 1.45 bits per heavy atom. The number of ether oxygens (including phenoxy) is 4. The van der Waals surface area contributed by atoms with Crippen LogP contribution < -0.4 is 18.9 Å². The molecule has 0 spiro atoms. The largest absolute Gasteiger partial charge is 0.507 e. The summed E-state index contributed by atoms with van der Waals surface area (Å²) in [5, 5.41) is 11.7. The molecule has 0 saturated carbocycles. The van der Waals surface area contributed by atoms with Gasteiger partial charge < -0.3 is 29.0 Å². The van der Waals surface area contributed by atoms with E-state index in [0.717, 1.165) is 5.56 Å². The number of hydrogen-bond donors (Lipinski definition) is 1. The van der Waals surface area contributed by atoms with E-state index in [0.29, 0.717) is 22.8 Å². The second-order valence-corrected chi connectivity index (χ2v) is 9.03. The second-order valence-electron chi connectivity index (χ2n) is 8.21. The summed E-state index contributed by atoms with van der Waals surface area (Å²) in [4.78, 5) is 32.2. The number of likely N-dealkylation sites (tertiary alicyclic amines) is 1. The van der Waals surface area contributed by atoms with E-state index < -0.39 is 23.5 Å². The van der Waals surface area contributed by atoms with Gasteiger partial charge in [0.25, 0.3) is 11.7 Å². The van der Waals surface area contributed by atoms with Crippen molar-refractivity contribution < 1.29 is 33.6 Å².